The number of nitrogens with one attached hydrogen (secondary N) is 2. The maximum atomic E-state index is 13.4. The number of benzene rings is 1. The molecule has 6 nitrogen and oxygen atoms in total. The Morgan fingerprint density at radius 2 is 1.73 bits per heavy atom. The van der Waals surface area contributed by atoms with E-state index in [9.17, 15) is 14.4 Å². The molecule has 0 bridgehead atoms. The van der Waals surface area contributed by atoms with Crippen LogP contribution in [0.2, 0.25) is 0 Å². The second-order valence-electron chi connectivity index (χ2n) is 8.91. The molecule has 3 aliphatic heterocycles. The van der Waals surface area contributed by atoms with E-state index in [4.69, 9.17) is 0 Å². The molecule has 0 aromatic heterocycles. The lowest BCUT2D eigenvalue weighted by Crippen LogP contribution is -2.56. The van der Waals surface area contributed by atoms with Gasteiger partial charge in [-0.05, 0) is 32.8 Å². The van der Waals surface area contributed by atoms with Crippen molar-refractivity contribution in [2.24, 2.45) is 17.8 Å². The Hall–Kier alpha value is -2.21. The fourth-order valence-corrected chi connectivity index (χ4v) is 4.92. The van der Waals surface area contributed by atoms with Crippen LogP contribution in [0.25, 0.3) is 0 Å². The standard InChI is InChI=1S/C20H25N3O3/c1-10(2)15-13-14(17(25)23(16(13)24)19(3,4)5)20(22-15)11-8-6-7-9-12(11)21-18(20)26/h6-10,13-15,22H,1-5H3,(H,21,26). The number of carbonyl (C=O) groups excluding carboxylic acids is 3. The first-order valence-corrected chi connectivity index (χ1v) is 9.17. The van der Waals surface area contributed by atoms with Gasteiger partial charge in [0, 0.05) is 22.8 Å². The molecule has 3 aliphatic rings. The topological polar surface area (TPSA) is 78.5 Å². The number of para-hydroxylation sites is 1. The van der Waals surface area contributed by atoms with Crippen molar-refractivity contribution in [3.63, 3.8) is 0 Å². The molecule has 0 saturated carbocycles. The molecule has 26 heavy (non-hydrogen) atoms. The van der Waals surface area contributed by atoms with Gasteiger partial charge in [-0.3, -0.25) is 24.6 Å². The molecule has 2 N–H and O–H groups in total. The van der Waals surface area contributed by atoms with Crippen LogP contribution >= 0.6 is 0 Å². The molecule has 6 heteroatoms. The highest BCUT2D eigenvalue weighted by atomic mass is 16.2. The summed E-state index contributed by atoms with van der Waals surface area (Å²) in [5.41, 5.74) is -0.318. The number of nitrogens with zero attached hydrogens (tertiary/aromatic N) is 1. The zero-order valence-electron chi connectivity index (χ0n) is 15.8. The molecular weight excluding hydrogens is 330 g/mol. The van der Waals surface area contributed by atoms with Crippen LogP contribution in [0.1, 0.15) is 40.2 Å². The molecule has 3 amide bonds. The lowest BCUT2D eigenvalue weighted by molar-refractivity contribution is -0.148. The van der Waals surface area contributed by atoms with Crippen molar-refractivity contribution >= 4 is 23.4 Å². The van der Waals surface area contributed by atoms with E-state index in [0.717, 1.165) is 5.56 Å². The van der Waals surface area contributed by atoms with Crippen molar-refractivity contribution in [2.45, 2.75) is 51.7 Å². The van der Waals surface area contributed by atoms with Crippen LogP contribution in [-0.2, 0) is 19.9 Å². The fourth-order valence-electron chi connectivity index (χ4n) is 4.92. The SMILES string of the molecule is CC(C)C1NC2(C(=O)Nc3ccccc32)C2C(=O)N(C(C)(C)C)C(=O)C12. The van der Waals surface area contributed by atoms with E-state index >= 15 is 0 Å². The summed E-state index contributed by atoms with van der Waals surface area (Å²) in [6.07, 6.45) is 0. The lowest BCUT2D eigenvalue weighted by Gasteiger charge is -2.35. The highest BCUT2D eigenvalue weighted by Crippen LogP contribution is 2.54. The average molecular weight is 355 g/mol. The quantitative estimate of drug-likeness (QED) is 0.754. The van der Waals surface area contributed by atoms with E-state index in [-0.39, 0.29) is 29.7 Å². The number of fused-ring (bicyclic) bond motifs is 4. The van der Waals surface area contributed by atoms with E-state index in [1.165, 1.54) is 4.90 Å². The number of imide groups is 1. The van der Waals surface area contributed by atoms with Gasteiger partial charge in [0.05, 0.1) is 11.8 Å². The molecule has 1 aromatic rings. The van der Waals surface area contributed by atoms with Crippen molar-refractivity contribution in [3.8, 4) is 0 Å². The first-order valence-electron chi connectivity index (χ1n) is 9.17. The Balaban J connectivity index is 1.93. The van der Waals surface area contributed by atoms with Crippen LogP contribution in [0.15, 0.2) is 24.3 Å². The summed E-state index contributed by atoms with van der Waals surface area (Å²) < 4.78 is 0. The van der Waals surface area contributed by atoms with Gasteiger partial charge >= 0.3 is 0 Å². The zero-order chi connectivity index (χ0) is 19.0. The molecule has 3 heterocycles. The number of likely N-dealkylation sites (tertiary alicyclic amines) is 1. The van der Waals surface area contributed by atoms with Crippen molar-refractivity contribution in [1.82, 2.24) is 10.2 Å². The lowest BCUT2D eigenvalue weighted by atomic mass is 9.76. The van der Waals surface area contributed by atoms with E-state index in [2.05, 4.69) is 10.6 Å². The Kier molecular flexibility index (Phi) is 3.42. The summed E-state index contributed by atoms with van der Waals surface area (Å²) in [7, 11) is 0. The molecular formula is C20H25N3O3. The monoisotopic (exact) mass is 355 g/mol. The first kappa shape index (κ1) is 17.2. The number of hydrogen-bond donors (Lipinski definition) is 2. The summed E-state index contributed by atoms with van der Waals surface area (Å²) in [6.45, 7) is 9.61. The average Bonchev–Trinajstić information content (AvgIpc) is 3.12. The van der Waals surface area contributed by atoms with Gasteiger partial charge in [-0.1, -0.05) is 32.0 Å². The number of carbonyl (C=O) groups is 3. The third kappa shape index (κ3) is 1.93. The highest BCUT2D eigenvalue weighted by Gasteiger charge is 2.71. The second-order valence-corrected chi connectivity index (χ2v) is 8.91. The molecule has 4 unspecified atom stereocenters. The van der Waals surface area contributed by atoms with Gasteiger partial charge in [-0.15, -0.1) is 0 Å². The molecule has 0 radical (unpaired) electrons. The van der Waals surface area contributed by atoms with Crippen LogP contribution in [0.5, 0.6) is 0 Å². The summed E-state index contributed by atoms with van der Waals surface area (Å²) in [5.74, 6) is -1.81. The first-order chi connectivity index (χ1) is 12.1. The molecule has 4 atom stereocenters. The van der Waals surface area contributed by atoms with Gasteiger partial charge in [0.1, 0.15) is 5.54 Å². The third-order valence-electron chi connectivity index (χ3n) is 5.95. The summed E-state index contributed by atoms with van der Waals surface area (Å²) in [4.78, 5) is 41.2. The van der Waals surface area contributed by atoms with E-state index in [1.54, 1.807) is 0 Å². The smallest absolute Gasteiger partial charge is 0.250 e. The van der Waals surface area contributed by atoms with Crippen LogP contribution in [0.4, 0.5) is 5.69 Å². The number of anilines is 1. The van der Waals surface area contributed by atoms with Crippen molar-refractivity contribution < 1.29 is 14.4 Å². The zero-order valence-corrected chi connectivity index (χ0v) is 15.8. The predicted octanol–water partition coefficient (Wildman–Crippen LogP) is 1.86. The number of hydrogen-bond acceptors (Lipinski definition) is 4. The van der Waals surface area contributed by atoms with Gasteiger partial charge in [-0.25, -0.2) is 0 Å². The number of amides is 3. The van der Waals surface area contributed by atoms with Crippen LogP contribution in [0.3, 0.4) is 0 Å². The largest absolute Gasteiger partial charge is 0.324 e. The van der Waals surface area contributed by atoms with Crippen molar-refractivity contribution in [1.29, 1.82) is 0 Å². The van der Waals surface area contributed by atoms with E-state index in [1.807, 2.05) is 58.9 Å². The molecule has 1 spiro atoms. The summed E-state index contributed by atoms with van der Waals surface area (Å²) in [6, 6.07) is 7.19. The Labute approximate surface area is 153 Å². The van der Waals surface area contributed by atoms with Gasteiger partial charge < -0.3 is 5.32 Å². The molecule has 1 aromatic carbocycles. The van der Waals surface area contributed by atoms with Crippen molar-refractivity contribution in [3.05, 3.63) is 29.8 Å². The minimum atomic E-state index is -1.18. The predicted molar refractivity (Wildman–Crippen MR) is 97.1 cm³/mol. The van der Waals surface area contributed by atoms with E-state index < -0.39 is 22.9 Å². The van der Waals surface area contributed by atoms with Crippen molar-refractivity contribution in [2.75, 3.05) is 5.32 Å². The fraction of sp³-hybridized carbons (Fsp3) is 0.550. The summed E-state index contributed by atoms with van der Waals surface area (Å²) in [5, 5.41) is 6.33. The van der Waals surface area contributed by atoms with Crippen LogP contribution in [0, 0.1) is 17.8 Å². The maximum absolute atomic E-state index is 13.4. The molecule has 0 aliphatic carbocycles. The van der Waals surface area contributed by atoms with Crippen LogP contribution < -0.4 is 10.6 Å². The normalized spacial score (nSPS) is 33.2. The highest BCUT2D eigenvalue weighted by molar-refractivity contribution is 6.15. The summed E-state index contributed by atoms with van der Waals surface area (Å²) >= 11 is 0. The van der Waals surface area contributed by atoms with Crippen LogP contribution in [-0.4, -0.2) is 34.2 Å². The molecule has 2 fully saturated rings. The molecule has 4 rings (SSSR count). The molecule has 2 saturated heterocycles. The van der Waals surface area contributed by atoms with Gasteiger partial charge in [-0.2, -0.15) is 0 Å². The Morgan fingerprint density at radius 1 is 1.08 bits per heavy atom. The minimum Gasteiger partial charge on any atom is -0.324 e. The van der Waals surface area contributed by atoms with Gasteiger partial charge in [0.2, 0.25) is 17.7 Å². The second kappa shape index (κ2) is 5.16. The number of rotatable bonds is 1. The Bertz CT molecular complexity index is 826. The maximum Gasteiger partial charge on any atom is 0.250 e. The third-order valence-corrected chi connectivity index (χ3v) is 5.95. The van der Waals surface area contributed by atoms with Gasteiger partial charge in [0.15, 0.2) is 0 Å². The van der Waals surface area contributed by atoms with Gasteiger partial charge in [0.25, 0.3) is 0 Å². The molecule has 138 valence electrons. The minimum absolute atomic E-state index is 0.110. The van der Waals surface area contributed by atoms with E-state index in [0.29, 0.717) is 5.69 Å². The Morgan fingerprint density at radius 3 is 2.35 bits per heavy atom.